The van der Waals surface area contributed by atoms with E-state index >= 15 is 0 Å². The Bertz CT molecular complexity index is 920. The Kier molecular flexibility index (Phi) is 4.57. The number of carbonyl (C=O) groups is 1. The minimum atomic E-state index is -1.60. The largest absolute Gasteiger partial charge is 0.319 e. The maximum Gasteiger partial charge on any atom is 0.266 e. The summed E-state index contributed by atoms with van der Waals surface area (Å²) in [6.07, 6.45) is 1.55. The minimum absolute atomic E-state index is 0.376. The van der Waals surface area contributed by atoms with Crippen LogP contribution in [0.3, 0.4) is 0 Å². The molecule has 0 aliphatic rings. The van der Waals surface area contributed by atoms with Crippen molar-refractivity contribution in [2.75, 3.05) is 5.32 Å². The first-order valence-electron chi connectivity index (χ1n) is 7.48. The van der Waals surface area contributed by atoms with Crippen LogP contribution in [0.15, 0.2) is 36.4 Å². The molecule has 1 amide bonds. The van der Waals surface area contributed by atoms with Gasteiger partial charge in [-0.3, -0.25) is 4.79 Å². The number of hydrogen-bond donors (Lipinski definition) is 1. The van der Waals surface area contributed by atoms with Crippen LogP contribution in [0.1, 0.15) is 28.6 Å². The number of halogens is 3. The Labute approximate surface area is 140 Å². The minimum Gasteiger partial charge on any atom is -0.319 e. The molecule has 2 nitrogen and oxygen atoms in total. The number of rotatable bonds is 4. The highest BCUT2D eigenvalue weighted by Crippen LogP contribution is 2.33. The predicted octanol–water partition coefficient (Wildman–Crippen LogP) is 5.52. The van der Waals surface area contributed by atoms with Crippen LogP contribution in [0.25, 0.3) is 10.1 Å². The Hall–Kier alpha value is -2.34. The van der Waals surface area contributed by atoms with Crippen LogP contribution >= 0.6 is 11.3 Å². The van der Waals surface area contributed by atoms with Crippen LogP contribution in [-0.2, 0) is 6.42 Å². The van der Waals surface area contributed by atoms with Gasteiger partial charge in [-0.25, -0.2) is 13.2 Å². The van der Waals surface area contributed by atoms with Crippen molar-refractivity contribution in [3.8, 4) is 0 Å². The van der Waals surface area contributed by atoms with Crippen LogP contribution in [-0.4, -0.2) is 5.91 Å². The molecule has 0 atom stereocenters. The molecule has 124 valence electrons. The predicted molar refractivity (Wildman–Crippen MR) is 90.1 cm³/mol. The zero-order valence-corrected chi connectivity index (χ0v) is 13.6. The number of carbonyl (C=O) groups excluding carboxylic acids is 1. The molecule has 1 heterocycles. The van der Waals surface area contributed by atoms with Crippen LogP contribution < -0.4 is 5.32 Å². The second-order valence-electron chi connectivity index (χ2n) is 5.33. The van der Waals surface area contributed by atoms with Gasteiger partial charge in [0.25, 0.3) is 5.91 Å². The van der Waals surface area contributed by atoms with Crippen molar-refractivity contribution in [1.29, 1.82) is 0 Å². The van der Waals surface area contributed by atoms with Crippen molar-refractivity contribution < 1.29 is 18.0 Å². The molecule has 6 heteroatoms. The van der Waals surface area contributed by atoms with Gasteiger partial charge in [-0.1, -0.05) is 31.5 Å². The van der Waals surface area contributed by atoms with Crippen molar-refractivity contribution in [2.24, 2.45) is 0 Å². The third-order valence-electron chi connectivity index (χ3n) is 3.69. The molecular weight excluding hydrogens is 335 g/mol. The van der Waals surface area contributed by atoms with Crippen molar-refractivity contribution in [1.82, 2.24) is 0 Å². The summed E-state index contributed by atoms with van der Waals surface area (Å²) in [5, 5.41) is 3.33. The Morgan fingerprint density at radius 3 is 2.58 bits per heavy atom. The van der Waals surface area contributed by atoms with Gasteiger partial charge in [-0.2, -0.15) is 0 Å². The number of thiophene rings is 1. The Balaban J connectivity index is 2.00. The van der Waals surface area contributed by atoms with Gasteiger partial charge in [-0.15, -0.1) is 11.3 Å². The lowest BCUT2D eigenvalue weighted by atomic mass is 10.1. The highest BCUT2D eigenvalue weighted by atomic mass is 32.1. The highest BCUT2D eigenvalue weighted by molar-refractivity contribution is 7.21. The number of benzene rings is 2. The molecule has 0 saturated heterocycles. The maximum atomic E-state index is 13.8. The molecule has 0 bridgehead atoms. The van der Waals surface area contributed by atoms with E-state index in [0.29, 0.717) is 11.3 Å². The molecule has 2 aromatic carbocycles. The van der Waals surface area contributed by atoms with E-state index in [9.17, 15) is 18.0 Å². The average Bonchev–Trinajstić information content (AvgIpc) is 2.95. The fourth-order valence-corrected chi connectivity index (χ4v) is 3.73. The zero-order chi connectivity index (χ0) is 17.3. The lowest BCUT2D eigenvalue weighted by Crippen LogP contribution is -2.14. The second-order valence-corrected chi connectivity index (χ2v) is 6.39. The molecule has 0 spiro atoms. The molecule has 3 rings (SSSR count). The number of anilines is 1. The fourth-order valence-electron chi connectivity index (χ4n) is 2.58. The molecule has 1 N–H and O–H groups in total. The summed E-state index contributed by atoms with van der Waals surface area (Å²) in [7, 11) is 0. The summed E-state index contributed by atoms with van der Waals surface area (Å²) in [6, 6.07) is 9.42. The van der Waals surface area contributed by atoms with E-state index in [1.807, 2.05) is 31.2 Å². The molecule has 0 aliphatic carbocycles. The molecule has 0 radical (unpaired) electrons. The van der Waals surface area contributed by atoms with Crippen molar-refractivity contribution in [3.05, 3.63) is 64.3 Å². The van der Waals surface area contributed by atoms with Crippen LogP contribution in [0.5, 0.6) is 0 Å². The third kappa shape index (κ3) is 2.89. The van der Waals surface area contributed by atoms with Gasteiger partial charge in [0.05, 0.1) is 10.6 Å². The third-order valence-corrected chi connectivity index (χ3v) is 4.90. The lowest BCUT2D eigenvalue weighted by Gasteiger charge is -2.08. The smallest absolute Gasteiger partial charge is 0.266 e. The van der Waals surface area contributed by atoms with Gasteiger partial charge in [0.2, 0.25) is 0 Å². The van der Waals surface area contributed by atoms with E-state index in [0.717, 1.165) is 34.2 Å². The number of amides is 1. The van der Waals surface area contributed by atoms with E-state index in [1.165, 1.54) is 11.3 Å². The maximum absolute atomic E-state index is 13.8. The first kappa shape index (κ1) is 16.5. The fraction of sp³-hybridized carbons (Fsp3) is 0.167. The quantitative estimate of drug-likeness (QED) is 0.617. The molecule has 0 fully saturated rings. The summed E-state index contributed by atoms with van der Waals surface area (Å²) in [5.74, 6) is -4.82. The first-order valence-corrected chi connectivity index (χ1v) is 8.29. The van der Waals surface area contributed by atoms with Crippen molar-refractivity contribution in [3.63, 3.8) is 0 Å². The SMILES string of the molecule is CCCc1c(C(=O)Nc2ccc(F)c(F)c2F)sc2ccccc12. The molecule has 1 aromatic heterocycles. The molecule has 24 heavy (non-hydrogen) atoms. The Morgan fingerprint density at radius 1 is 1.08 bits per heavy atom. The number of hydrogen-bond acceptors (Lipinski definition) is 2. The van der Waals surface area contributed by atoms with Gasteiger partial charge in [0.15, 0.2) is 17.5 Å². The van der Waals surface area contributed by atoms with E-state index < -0.39 is 23.4 Å². The molecule has 3 aromatic rings. The molecule has 0 aliphatic heterocycles. The monoisotopic (exact) mass is 349 g/mol. The topological polar surface area (TPSA) is 29.1 Å². The van der Waals surface area contributed by atoms with Gasteiger partial charge in [-0.05, 0) is 35.6 Å². The number of fused-ring (bicyclic) bond motifs is 1. The average molecular weight is 349 g/mol. The van der Waals surface area contributed by atoms with E-state index in [2.05, 4.69) is 5.32 Å². The van der Waals surface area contributed by atoms with Crippen LogP contribution in [0.4, 0.5) is 18.9 Å². The Morgan fingerprint density at radius 2 is 1.83 bits per heavy atom. The van der Waals surface area contributed by atoms with Gasteiger partial charge in [0.1, 0.15) is 0 Å². The number of aryl methyl sites for hydroxylation is 1. The summed E-state index contributed by atoms with van der Waals surface area (Å²) in [6.45, 7) is 2.00. The van der Waals surface area contributed by atoms with Crippen molar-refractivity contribution in [2.45, 2.75) is 19.8 Å². The van der Waals surface area contributed by atoms with Crippen LogP contribution in [0, 0.1) is 17.5 Å². The zero-order valence-electron chi connectivity index (χ0n) is 12.8. The van der Waals surface area contributed by atoms with E-state index in [-0.39, 0.29) is 5.69 Å². The van der Waals surface area contributed by atoms with Crippen LogP contribution in [0.2, 0.25) is 0 Å². The number of nitrogens with one attached hydrogen (secondary N) is 1. The lowest BCUT2D eigenvalue weighted by molar-refractivity contribution is 0.102. The van der Waals surface area contributed by atoms with E-state index in [4.69, 9.17) is 0 Å². The summed E-state index contributed by atoms with van der Waals surface area (Å²) < 4.78 is 41.0. The van der Waals surface area contributed by atoms with Crippen molar-refractivity contribution >= 4 is 33.0 Å². The van der Waals surface area contributed by atoms with Gasteiger partial charge < -0.3 is 5.32 Å². The molecule has 0 saturated carbocycles. The highest BCUT2D eigenvalue weighted by Gasteiger charge is 2.20. The van der Waals surface area contributed by atoms with E-state index in [1.54, 1.807) is 0 Å². The summed E-state index contributed by atoms with van der Waals surface area (Å²) in [4.78, 5) is 13.0. The summed E-state index contributed by atoms with van der Waals surface area (Å²) in [5.41, 5.74) is 0.511. The standard InChI is InChI=1S/C18H14F3NOS/c1-2-5-11-10-6-3-4-7-14(10)24-17(11)18(23)22-13-9-8-12(19)15(20)16(13)21/h3-4,6-9H,2,5H2,1H3,(H,22,23). The molecular formula is C18H14F3NOS. The molecule has 0 unspecified atom stereocenters. The normalized spacial score (nSPS) is 11.0. The first-order chi connectivity index (χ1) is 11.5. The van der Waals surface area contributed by atoms with Gasteiger partial charge >= 0.3 is 0 Å². The second kappa shape index (κ2) is 6.65. The van der Waals surface area contributed by atoms with Gasteiger partial charge in [0, 0.05) is 4.70 Å². The summed E-state index contributed by atoms with van der Waals surface area (Å²) >= 11 is 1.30.